The third-order valence-corrected chi connectivity index (χ3v) is 4.48. The van der Waals surface area contributed by atoms with Crippen LogP contribution in [0.1, 0.15) is 33.1 Å². The molecule has 0 aliphatic rings. The quantitative estimate of drug-likeness (QED) is 0.552. The van der Waals surface area contributed by atoms with E-state index in [2.05, 4.69) is 10.3 Å². The molecule has 0 saturated heterocycles. The van der Waals surface area contributed by atoms with Gasteiger partial charge >= 0.3 is 0 Å². The van der Waals surface area contributed by atoms with Crippen LogP contribution in [0, 0.1) is 13.8 Å². The SMILES string of the molecule is Cc1cc(CNC(=O)c2cccc(OCc3cn4ccccc4n3)c2)c(C)o1. The predicted molar refractivity (Wildman–Crippen MR) is 105 cm³/mol. The van der Waals surface area contributed by atoms with Gasteiger partial charge in [-0.2, -0.15) is 0 Å². The molecule has 4 rings (SSSR count). The number of fused-ring (bicyclic) bond motifs is 1. The molecule has 1 N–H and O–H groups in total. The summed E-state index contributed by atoms with van der Waals surface area (Å²) in [6, 6.07) is 14.9. The molecule has 4 aromatic rings. The Bertz CT molecular complexity index is 1090. The molecule has 1 aromatic carbocycles. The predicted octanol–water partition coefficient (Wildman–Crippen LogP) is 4.05. The highest BCUT2D eigenvalue weighted by molar-refractivity contribution is 5.94. The third-order valence-electron chi connectivity index (χ3n) is 4.48. The molecule has 3 heterocycles. The van der Waals surface area contributed by atoms with Gasteiger partial charge in [0.15, 0.2) is 0 Å². The van der Waals surface area contributed by atoms with E-state index < -0.39 is 0 Å². The van der Waals surface area contributed by atoms with Crippen molar-refractivity contribution in [1.29, 1.82) is 0 Å². The van der Waals surface area contributed by atoms with Crippen LogP contribution in [0.4, 0.5) is 0 Å². The lowest BCUT2D eigenvalue weighted by Crippen LogP contribution is -2.22. The smallest absolute Gasteiger partial charge is 0.251 e. The van der Waals surface area contributed by atoms with Crippen molar-refractivity contribution >= 4 is 11.6 Å². The highest BCUT2D eigenvalue weighted by Crippen LogP contribution is 2.17. The van der Waals surface area contributed by atoms with Crippen molar-refractivity contribution in [3.05, 3.63) is 89.3 Å². The summed E-state index contributed by atoms with van der Waals surface area (Å²) in [6.45, 7) is 4.54. The van der Waals surface area contributed by atoms with E-state index in [1.807, 2.05) is 61.0 Å². The average molecular weight is 375 g/mol. The van der Waals surface area contributed by atoms with Crippen LogP contribution in [0.5, 0.6) is 5.75 Å². The van der Waals surface area contributed by atoms with Gasteiger partial charge in [-0.15, -0.1) is 0 Å². The molecule has 1 amide bonds. The van der Waals surface area contributed by atoms with Crippen molar-refractivity contribution in [1.82, 2.24) is 14.7 Å². The number of aromatic nitrogens is 2. The largest absolute Gasteiger partial charge is 0.487 e. The maximum Gasteiger partial charge on any atom is 0.251 e. The van der Waals surface area contributed by atoms with Crippen LogP contribution in [-0.2, 0) is 13.2 Å². The summed E-state index contributed by atoms with van der Waals surface area (Å²) < 4.78 is 13.3. The number of hydrogen-bond donors (Lipinski definition) is 1. The van der Waals surface area contributed by atoms with Crippen molar-refractivity contribution in [2.75, 3.05) is 0 Å². The average Bonchev–Trinajstić information content (AvgIpc) is 3.26. The molecule has 0 spiro atoms. The first kappa shape index (κ1) is 17.9. The molecule has 0 fully saturated rings. The summed E-state index contributed by atoms with van der Waals surface area (Å²) in [5.41, 5.74) is 3.22. The highest BCUT2D eigenvalue weighted by atomic mass is 16.5. The lowest BCUT2D eigenvalue weighted by Gasteiger charge is -2.08. The fourth-order valence-electron chi connectivity index (χ4n) is 3.08. The Balaban J connectivity index is 1.39. The Morgan fingerprint density at radius 1 is 1.18 bits per heavy atom. The minimum absolute atomic E-state index is 0.156. The van der Waals surface area contributed by atoms with Crippen molar-refractivity contribution in [3.8, 4) is 5.75 Å². The summed E-state index contributed by atoms with van der Waals surface area (Å²) in [5.74, 6) is 2.13. The van der Waals surface area contributed by atoms with Gasteiger partial charge in [-0.25, -0.2) is 4.98 Å². The van der Waals surface area contributed by atoms with E-state index in [1.165, 1.54) is 0 Å². The van der Waals surface area contributed by atoms with Gasteiger partial charge in [0.05, 0.1) is 5.69 Å². The number of benzene rings is 1. The number of aryl methyl sites for hydroxylation is 2. The maximum absolute atomic E-state index is 12.5. The Morgan fingerprint density at radius 2 is 2.07 bits per heavy atom. The number of carbonyl (C=O) groups excluding carboxylic acids is 1. The summed E-state index contributed by atoms with van der Waals surface area (Å²) in [5, 5.41) is 2.92. The molecule has 0 atom stereocenters. The maximum atomic E-state index is 12.5. The minimum atomic E-state index is -0.156. The first-order valence-corrected chi connectivity index (χ1v) is 9.08. The second kappa shape index (κ2) is 7.60. The van der Waals surface area contributed by atoms with Crippen LogP contribution in [0.15, 0.2) is 65.3 Å². The molecule has 28 heavy (non-hydrogen) atoms. The van der Waals surface area contributed by atoms with Crippen molar-refractivity contribution in [3.63, 3.8) is 0 Å². The second-order valence-corrected chi connectivity index (χ2v) is 6.64. The van der Waals surface area contributed by atoms with E-state index in [4.69, 9.17) is 9.15 Å². The van der Waals surface area contributed by atoms with Gasteiger partial charge in [0.1, 0.15) is 29.5 Å². The van der Waals surface area contributed by atoms with E-state index in [9.17, 15) is 4.79 Å². The van der Waals surface area contributed by atoms with Crippen LogP contribution in [0.2, 0.25) is 0 Å². The first-order valence-electron chi connectivity index (χ1n) is 9.08. The van der Waals surface area contributed by atoms with Crippen LogP contribution in [0.3, 0.4) is 0 Å². The van der Waals surface area contributed by atoms with Crippen LogP contribution in [0.25, 0.3) is 5.65 Å². The fraction of sp³-hybridized carbons (Fsp3) is 0.182. The molecular formula is C22H21N3O3. The van der Waals surface area contributed by atoms with E-state index in [-0.39, 0.29) is 5.91 Å². The van der Waals surface area contributed by atoms with Crippen molar-refractivity contribution < 1.29 is 13.9 Å². The zero-order valence-corrected chi connectivity index (χ0v) is 15.8. The molecule has 0 unspecified atom stereocenters. The van der Waals surface area contributed by atoms with E-state index in [0.717, 1.165) is 28.4 Å². The molecule has 3 aromatic heterocycles. The van der Waals surface area contributed by atoms with Crippen molar-refractivity contribution in [2.45, 2.75) is 27.0 Å². The van der Waals surface area contributed by atoms with E-state index >= 15 is 0 Å². The molecule has 0 bridgehead atoms. The van der Waals surface area contributed by atoms with Gasteiger partial charge in [0, 0.05) is 30.1 Å². The standard InChI is InChI=1S/C22H21N3O3/c1-15-10-18(16(2)28-15)12-23-22(26)17-6-5-7-20(11-17)27-14-19-13-25-9-4-3-8-21(25)24-19/h3-11,13H,12,14H2,1-2H3,(H,23,26). The van der Waals surface area contributed by atoms with Crippen LogP contribution in [-0.4, -0.2) is 15.3 Å². The molecular weight excluding hydrogens is 354 g/mol. The number of amides is 1. The second-order valence-electron chi connectivity index (χ2n) is 6.64. The fourth-order valence-corrected chi connectivity index (χ4v) is 3.08. The molecule has 6 nitrogen and oxygen atoms in total. The van der Waals surface area contributed by atoms with Crippen molar-refractivity contribution in [2.24, 2.45) is 0 Å². The lowest BCUT2D eigenvalue weighted by molar-refractivity contribution is 0.0950. The highest BCUT2D eigenvalue weighted by Gasteiger charge is 2.10. The monoisotopic (exact) mass is 375 g/mol. The zero-order valence-electron chi connectivity index (χ0n) is 15.8. The first-order chi connectivity index (χ1) is 13.6. The normalized spacial score (nSPS) is 10.9. The van der Waals surface area contributed by atoms with Crippen LogP contribution >= 0.6 is 0 Å². The van der Waals surface area contributed by atoms with Gasteiger partial charge in [0.25, 0.3) is 5.91 Å². The number of carbonyl (C=O) groups is 1. The van der Waals surface area contributed by atoms with Crippen LogP contribution < -0.4 is 10.1 Å². The summed E-state index contributed by atoms with van der Waals surface area (Å²) in [4.78, 5) is 17.0. The third kappa shape index (κ3) is 3.91. The Hall–Kier alpha value is -3.54. The number of rotatable bonds is 6. The summed E-state index contributed by atoms with van der Waals surface area (Å²) in [7, 11) is 0. The van der Waals surface area contributed by atoms with Gasteiger partial charge in [-0.3, -0.25) is 4.79 Å². The number of nitrogens with zero attached hydrogens (tertiary/aromatic N) is 2. The Labute approximate surface area is 162 Å². The van der Waals surface area contributed by atoms with E-state index in [1.54, 1.807) is 18.2 Å². The van der Waals surface area contributed by atoms with Gasteiger partial charge in [0.2, 0.25) is 0 Å². The molecule has 0 saturated carbocycles. The molecule has 142 valence electrons. The number of nitrogens with one attached hydrogen (secondary N) is 1. The summed E-state index contributed by atoms with van der Waals surface area (Å²) >= 11 is 0. The van der Waals surface area contributed by atoms with Gasteiger partial charge < -0.3 is 18.9 Å². The minimum Gasteiger partial charge on any atom is -0.487 e. The lowest BCUT2D eigenvalue weighted by atomic mass is 10.2. The summed E-state index contributed by atoms with van der Waals surface area (Å²) in [6.07, 6.45) is 3.88. The zero-order chi connectivity index (χ0) is 19.5. The number of hydrogen-bond acceptors (Lipinski definition) is 4. The number of ether oxygens (including phenoxy) is 1. The van der Waals surface area contributed by atoms with E-state index in [0.29, 0.717) is 24.5 Å². The van der Waals surface area contributed by atoms with Gasteiger partial charge in [-0.05, 0) is 50.2 Å². The Morgan fingerprint density at radius 3 is 2.86 bits per heavy atom. The Kier molecular flexibility index (Phi) is 4.85. The molecule has 0 aliphatic carbocycles. The number of furan rings is 1. The molecule has 6 heteroatoms. The number of pyridine rings is 1. The van der Waals surface area contributed by atoms with Gasteiger partial charge in [-0.1, -0.05) is 12.1 Å². The molecule has 0 radical (unpaired) electrons. The number of imidazole rings is 1. The molecule has 0 aliphatic heterocycles. The topological polar surface area (TPSA) is 68.8 Å².